The number of para-hydroxylation sites is 1. The average Bonchev–Trinajstić information content (AvgIpc) is 3.24. The second-order valence-electron chi connectivity index (χ2n) is 5.86. The van der Waals surface area contributed by atoms with E-state index >= 15 is 0 Å². The maximum atomic E-state index is 11.8. The summed E-state index contributed by atoms with van der Waals surface area (Å²) in [7, 11) is 0. The molecule has 0 saturated heterocycles. The molecule has 0 bridgehead atoms. The van der Waals surface area contributed by atoms with Crippen LogP contribution in [0.3, 0.4) is 0 Å². The molecule has 7 heteroatoms. The molecule has 26 heavy (non-hydrogen) atoms. The maximum absolute atomic E-state index is 11.8. The second kappa shape index (κ2) is 8.87. The second-order valence-corrected chi connectivity index (χ2v) is 7.66. The third kappa shape index (κ3) is 5.09. The van der Waals surface area contributed by atoms with E-state index in [0.29, 0.717) is 17.3 Å². The lowest BCUT2D eigenvalue weighted by atomic mass is 10.1. The SMILES string of the molecule is O=C(COC(=O)CCCc1c[nH]c2ccccc12)NCc1ccc(Cl)s1. The third-order valence-electron chi connectivity index (χ3n) is 3.95. The highest BCUT2D eigenvalue weighted by molar-refractivity contribution is 7.16. The summed E-state index contributed by atoms with van der Waals surface area (Å²) in [6.45, 7) is 0.124. The van der Waals surface area contributed by atoms with Crippen molar-refractivity contribution >= 4 is 45.7 Å². The van der Waals surface area contributed by atoms with Gasteiger partial charge in [-0.1, -0.05) is 29.8 Å². The highest BCUT2D eigenvalue weighted by Crippen LogP contribution is 2.21. The van der Waals surface area contributed by atoms with Crippen LogP contribution >= 0.6 is 22.9 Å². The van der Waals surface area contributed by atoms with Gasteiger partial charge in [-0.25, -0.2) is 0 Å². The van der Waals surface area contributed by atoms with Crippen molar-refractivity contribution in [2.45, 2.75) is 25.8 Å². The molecule has 0 atom stereocenters. The number of nitrogens with one attached hydrogen (secondary N) is 2. The lowest BCUT2D eigenvalue weighted by Crippen LogP contribution is -2.28. The van der Waals surface area contributed by atoms with Gasteiger partial charge in [0, 0.05) is 28.4 Å². The summed E-state index contributed by atoms with van der Waals surface area (Å²) in [5, 5.41) is 3.87. The van der Waals surface area contributed by atoms with Crippen molar-refractivity contribution < 1.29 is 14.3 Å². The Bertz CT molecular complexity index is 903. The zero-order chi connectivity index (χ0) is 18.4. The Hall–Kier alpha value is -2.31. The highest BCUT2D eigenvalue weighted by atomic mass is 35.5. The van der Waals surface area contributed by atoms with Crippen molar-refractivity contribution in [3.63, 3.8) is 0 Å². The van der Waals surface area contributed by atoms with Gasteiger partial charge in [0.15, 0.2) is 6.61 Å². The predicted octanol–water partition coefficient (Wildman–Crippen LogP) is 4.07. The fourth-order valence-electron chi connectivity index (χ4n) is 2.66. The Balaban J connectivity index is 1.34. The Kier molecular flexibility index (Phi) is 6.30. The number of aromatic nitrogens is 1. The van der Waals surface area contributed by atoms with E-state index in [1.54, 1.807) is 6.07 Å². The van der Waals surface area contributed by atoms with Gasteiger partial charge in [0.1, 0.15) is 0 Å². The number of halogens is 1. The fourth-order valence-corrected chi connectivity index (χ4v) is 3.69. The molecular formula is C19H19ClN2O3S. The van der Waals surface area contributed by atoms with Gasteiger partial charge in [-0.2, -0.15) is 0 Å². The molecule has 2 aromatic heterocycles. The Morgan fingerprint density at radius 2 is 2.04 bits per heavy atom. The molecule has 0 aliphatic heterocycles. The quantitative estimate of drug-likeness (QED) is 0.569. The lowest BCUT2D eigenvalue weighted by Gasteiger charge is -2.06. The fraction of sp³-hybridized carbons (Fsp3) is 0.263. The van der Waals surface area contributed by atoms with Gasteiger partial charge < -0.3 is 15.0 Å². The molecule has 0 radical (unpaired) electrons. The molecule has 0 unspecified atom stereocenters. The first kappa shape index (κ1) is 18.5. The summed E-state index contributed by atoms with van der Waals surface area (Å²) >= 11 is 7.24. The number of thiophene rings is 1. The zero-order valence-corrected chi connectivity index (χ0v) is 15.7. The van der Waals surface area contributed by atoms with Crippen molar-refractivity contribution in [3.05, 3.63) is 57.4 Å². The Labute approximate surface area is 160 Å². The van der Waals surface area contributed by atoms with Crippen LogP contribution in [-0.4, -0.2) is 23.5 Å². The van der Waals surface area contributed by atoms with Crippen LogP contribution in [0.2, 0.25) is 4.34 Å². The van der Waals surface area contributed by atoms with E-state index in [9.17, 15) is 9.59 Å². The Morgan fingerprint density at radius 3 is 2.85 bits per heavy atom. The standard InChI is InChI=1S/C19H19ClN2O3S/c20-17-9-8-14(26-17)11-22-18(23)12-25-19(24)7-3-4-13-10-21-16-6-2-1-5-15(13)16/h1-2,5-6,8-10,21H,3-4,7,11-12H2,(H,22,23). The summed E-state index contributed by atoms with van der Waals surface area (Å²) in [4.78, 5) is 27.7. The lowest BCUT2D eigenvalue weighted by molar-refractivity contribution is -0.148. The molecule has 1 aromatic carbocycles. The Morgan fingerprint density at radius 1 is 1.19 bits per heavy atom. The zero-order valence-electron chi connectivity index (χ0n) is 14.1. The van der Waals surface area contributed by atoms with Crippen molar-refractivity contribution in [2.75, 3.05) is 6.61 Å². The number of hydrogen-bond donors (Lipinski definition) is 2. The normalized spacial score (nSPS) is 10.8. The van der Waals surface area contributed by atoms with Crippen LogP contribution in [-0.2, 0) is 27.3 Å². The number of hydrogen-bond acceptors (Lipinski definition) is 4. The minimum absolute atomic E-state index is 0.259. The number of esters is 1. The first-order valence-electron chi connectivity index (χ1n) is 8.33. The summed E-state index contributed by atoms with van der Waals surface area (Å²) in [5.41, 5.74) is 2.27. The van der Waals surface area contributed by atoms with Crippen molar-refractivity contribution in [1.29, 1.82) is 0 Å². The molecule has 3 rings (SSSR count). The average molecular weight is 391 g/mol. The van der Waals surface area contributed by atoms with Crippen LogP contribution in [0.5, 0.6) is 0 Å². The number of benzene rings is 1. The molecule has 3 aromatic rings. The number of ether oxygens (including phenoxy) is 1. The van der Waals surface area contributed by atoms with Crippen LogP contribution in [0, 0.1) is 0 Å². The molecule has 0 aliphatic rings. The minimum Gasteiger partial charge on any atom is -0.456 e. The topological polar surface area (TPSA) is 71.2 Å². The van der Waals surface area contributed by atoms with E-state index in [4.69, 9.17) is 16.3 Å². The number of rotatable bonds is 8. The van der Waals surface area contributed by atoms with Gasteiger partial charge in [-0.05, 0) is 36.6 Å². The summed E-state index contributed by atoms with van der Waals surface area (Å²) in [6.07, 6.45) is 3.72. The van der Waals surface area contributed by atoms with E-state index in [-0.39, 0.29) is 24.9 Å². The molecular weight excluding hydrogens is 372 g/mol. The van der Waals surface area contributed by atoms with Crippen LogP contribution in [0.1, 0.15) is 23.3 Å². The van der Waals surface area contributed by atoms with Gasteiger partial charge in [-0.15, -0.1) is 11.3 Å². The first-order valence-corrected chi connectivity index (χ1v) is 9.53. The van der Waals surface area contributed by atoms with Crippen LogP contribution in [0.25, 0.3) is 10.9 Å². The smallest absolute Gasteiger partial charge is 0.306 e. The number of amides is 1. The van der Waals surface area contributed by atoms with Crippen molar-refractivity contribution in [2.24, 2.45) is 0 Å². The van der Waals surface area contributed by atoms with Crippen LogP contribution in [0.4, 0.5) is 0 Å². The maximum Gasteiger partial charge on any atom is 0.306 e. The monoisotopic (exact) mass is 390 g/mol. The summed E-state index contributed by atoms with van der Waals surface area (Å²) in [6, 6.07) is 11.7. The minimum atomic E-state index is -0.362. The van der Waals surface area contributed by atoms with Gasteiger partial charge in [0.2, 0.25) is 0 Å². The molecule has 2 N–H and O–H groups in total. The van der Waals surface area contributed by atoms with Gasteiger partial charge in [-0.3, -0.25) is 9.59 Å². The van der Waals surface area contributed by atoms with E-state index in [2.05, 4.69) is 16.4 Å². The van der Waals surface area contributed by atoms with Gasteiger partial charge in [0.25, 0.3) is 5.91 Å². The first-order chi connectivity index (χ1) is 12.6. The van der Waals surface area contributed by atoms with Crippen molar-refractivity contribution in [3.8, 4) is 0 Å². The number of H-pyrrole nitrogens is 1. The van der Waals surface area contributed by atoms with Crippen LogP contribution in [0.15, 0.2) is 42.6 Å². The summed E-state index contributed by atoms with van der Waals surface area (Å²) in [5.74, 6) is -0.682. The molecule has 136 valence electrons. The number of aryl methyl sites for hydroxylation is 1. The number of aromatic amines is 1. The molecule has 0 aliphatic carbocycles. The molecule has 1 amide bonds. The predicted molar refractivity (Wildman–Crippen MR) is 103 cm³/mol. The van der Waals surface area contributed by atoms with Crippen molar-refractivity contribution in [1.82, 2.24) is 10.3 Å². The number of carbonyl (C=O) groups is 2. The molecule has 5 nitrogen and oxygen atoms in total. The summed E-state index contributed by atoms with van der Waals surface area (Å²) < 4.78 is 5.70. The third-order valence-corrected chi connectivity index (χ3v) is 5.19. The van der Waals surface area contributed by atoms with E-state index in [1.165, 1.54) is 22.3 Å². The largest absolute Gasteiger partial charge is 0.456 e. The number of fused-ring (bicyclic) bond motifs is 1. The van der Waals surface area contributed by atoms with Crippen LogP contribution < -0.4 is 5.32 Å². The van der Waals surface area contributed by atoms with E-state index in [1.807, 2.05) is 30.5 Å². The molecule has 0 fully saturated rings. The van der Waals surface area contributed by atoms with Gasteiger partial charge in [0.05, 0.1) is 10.9 Å². The molecule has 0 saturated carbocycles. The molecule has 0 spiro atoms. The number of carbonyl (C=O) groups excluding carboxylic acids is 2. The highest BCUT2D eigenvalue weighted by Gasteiger charge is 2.09. The van der Waals surface area contributed by atoms with Gasteiger partial charge >= 0.3 is 5.97 Å². The van der Waals surface area contributed by atoms with E-state index in [0.717, 1.165) is 16.8 Å². The molecule has 2 heterocycles. The van der Waals surface area contributed by atoms with E-state index < -0.39 is 0 Å².